The molecular formula is C26H36N4O2. The second-order valence-corrected chi connectivity index (χ2v) is 10.6. The highest BCUT2D eigenvalue weighted by Gasteiger charge is 2.49. The van der Waals surface area contributed by atoms with Gasteiger partial charge in [-0.15, -0.1) is 0 Å². The quantitative estimate of drug-likeness (QED) is 0.761. The molecule has 32 heavy (non-hydrogen) atoms. The predicted molar refractivity (Wildman–Crippen MR) is 127 cm³/mol. The van der Waals surface area contributed by atoms with Gasteiger partial charge < -0.3 is 5.32 Å². The lowest BCUT2D eigenvalue weighted by atomic mass is 9.90. The number of fused-ring (bicyclic) bond motifs is 1. The molecule has 2 amide bonds. The van der Waals surface area contributed by atoms with Crippen molar-refractivity contribution in [3.05, 3.63) is 47.3 Å². The van der Waals surface area contributed by atoms with Crippen molar-refractivity contribution in [2.75, 3.05) is 4.90 Å². The maximum atomic E-state index is 13.8. The van der Waals surface area contributed by atoms with E-state index >= 15 is 0 Å². The molecule has 1 saturated carbocycles. The first-order valence-electron chi connectivity index (χ1n) is 12.0. The van der Waals surface area contributed by atoms with Crippen LogP contribution >= 0.6 is 0 Å². The number of carbonyl (C=O) groups excluding carboxylic acids is 2. The minimum atomic E-state index is -1.06. The fourth-order valence-electron chi connectivity index (χ4n) is 4.82. The lowest BCUT2D eigenvalue weighted by molar-refractivity contribution is -0.127. The molecule has 0 spiro atoms. The number of aryl methyl sites for hydroxylation is 1. The molecule has 0 saturated heterocycles. The van der Waals surface area contributed by atoms with Gasteiger partial charge in [0.05, 0.1) is 12.2 Å². The number of anilines is 1. The van der Waals surface area contributed by atoms with Gasteiger partial charge in [-0.2, -0.15) is 5.10 Å². The Balaban J connectivity index is 1.75. The number of carbonyl (C=O) groups is 2. The molecule has 1 N–H and O–H groups in total. The lowest BCUT2D eigenvalue weighted by Crippen LogP contribution is -2.65. The van der Waals surface area contributed by atoms with Gasteiger partial charge in [0, 0.05) is 17.1 Å². The Morgan fingerprint density at radius 1 is 1.16 bits per heavy atom. The fraction of sp³-hybridized carbons (Fsp3) is 0.577. The van der Waals surface area contributed by atoms with E-state index in [4.69, 9.17) is 5.10 Å². The minimum Gasteiger partial charge on any atom is -0.351 e. The largest absolute Gasteiger partial charge is 0.351 e. The molecule has 2 heterocycles. The second kappa shape index (κ2) is 8.38. The Morgan fingerprint density at radius 2 is 1.81 bits per heavy atom. The third kappa shape index (κ3) is 4.07. The van der Waals surface area contributed by atoms with E-state index in [1.165, 1.54) is 12.0 Å². The molecule has 1 aromatic carbocycles. The van der Waals surface area contributed by atoms with Crippen LogP contribution in [0.5, 0.6) is 0 Å². The molecule has 6 heteroatoms. The van der Waals surface area contributed by atoms with Crippen LogP contribution in [0.2, 0.25) is 0 Å². The van der Waals surface area contributed by atoms with Crippen LogP contribution in [-0.4, -0.2) is 33.2 Å². The number of rotatable bonds is 4. The Hall–Kier alpha value is -2.63. The zero-order valence-electron chi connectivity index (χ0n) is 20.1. The second-order valence-electron chi connectivity index (χ2n) is 10.6. The SMILES string of the molecule is CCc1ccc(N2C(=O)c3cc(C(C)(C)C)nn3C[C@]2(C)C(=O)NC2CCCCC2)cc1. The summed E-state index contributed by atoms with van der Waals surface area (Å²) in [5, 5.41) is 8.01. The van der Waals surface area contributed by atoms with Gasteiger partial charge in [-0.3, -0.25) is 19.2 Å². The van der Waals surface area contributed by atoms with Crippen molar-refractivity contribution in [3.63, 3.8) is 0 Å². The van der Waals surface area contributed by atoms with E-state index in [1.807, 2.05) is 37.3 Å². The molecule has 6 nitrogen and oxygen atoms in total. The first-order valence-corrected chi connectivity index (χ1v) is 12.0. The molecule has 1 fully saturated rings. The Kier molecular flexibility index (Phi) is 5.91. The number of nitrogens with zero attached hydrogens (tertiary/aromatic N) is 3. The van der Waals surface area contributed by atoms with Crippen molar-refractivity contribution in [1.82, 2.24) is 15.1 Å². The van der Waals surface area contributed by atoms with Crippen molar-refractivity contribution in [2.24, 2.45) is 0 Å². The zero-order chi connectivity index (χ0) is 23.1. The monoisotopic (exact) mass is 436 g/mol. The number of amides is 2. The topological polar surface area (TPSA) is 67.2 Å². The number of hydrogen-bond donors (Lipinski definition) is 1. The smallest absolute Gasteiger partial charge is 0.277 e. The van der Waals surface area contributed by atoms with Gasteiger partial charge >= 0.3 is 0 Å². The van der Waals surface area contributed by atoms with Crippen molar-refractivity contribution >= 4 is 17.5 Å². The predicted octanol–water partition coefficient (Wildman–Crippen LogP) is 4.61. The zero-order valence-corrected chi connectivity index (χ0v) is 20.1. The number of nitrogens with one attached hydrogen (secondary N) is 1. The fourth-order valence-corrected chi connectivity index (χ4v) is 4.82. The van der Waals surface area contributed by atoms with Crippen LogP contribution in [0.4, 0.5) is 5.69 Å². The van der Waals surface area contributed by atoms with Gasteiger partial charge in [-0.1, -0.05) is 59.1 Å². The first-order chi connectivity index (χ1) is 15.1. The van der Waals surface area contributed by atoms with Gasteiger partial charge in [0.1, 0.15) is 11.2 Å². The maximum absolute atomic E-state index is 13.8. The summed E-state index contributed by atoms with van der Waals surface area (Å²) in [6.07, 6.45) is 6.44. The van der Waals surface area contributed by atoms with Crippen molar-refractivity contribution in [2.45, 2.75) is 96.7 Å². The van der Waals surface area contributed by atoms with E-state index in [1.54, 1.807) is 9.58 Å². The summed E-state index contributed by atoms with van der Waals surface area (Å²) >= 11 is 0. The highest BCUT2D eigenvalue weighted by Crippen LogP contribution is 2.35. The summed E-state index contributed by atoms with van der Waals surface area (Å²) < 4.78 is 1.74. The van der Waals surface area contributed by atoms with E-state index in [2.05, 4.69) is 33.0 Å². The van der Waals surface area contributed by atoms with Crippen LogP contribution in [0.1, 0.15) is 88.5 Å². The van der Waals surface area contributed by atoms with Crippen LogP contribution in [0.3, 0.4) is 0 Å². The van der Waals surface area contributed by atoms with Crippen molar-refractivity contribution in [3.8, 4) is 0 Å². The molecule has 0 bridgehead atoms. The Morgan fingerprint density at radius 3 is 2.41 bits per heavy atom. The molecule has 0 radical (unpaired) electrons. The Bertz CT molecular complexity index is 996. The molecule has 4 rings (SSSR count). The molecular weight excluding hydrogens is 400 g/mol. The average molecular weight is 437 g/mol. The van der Waals surface area contributed by atoms with E-state index in [9.17, 15) is 9.59 Å². The standard InChI is InChI=1S/C26H36N4O2/c1-6-18-12-14-20(15-13-18)30-23(31)21-16-22(25(2,3)4)28-29(21)17-26(30,5)24(32)27-19-10-8-7-9-11-19/h12-16,19H,6-11,17H2,1-5H3,(H,27,32)/t26-/m1/s1. The molecule has 1 aliphatic heterocycles. The van der Waals surface area contributed by atoms with Gasteiger partial charge in [0.25, 0.3) is 5.91 Å². The van der Waals surface area contributed by atoms with E-state index in [0.717, 1.165) is 43.5 Å². The molecule has 1 aliphatic carbocycles. The number of aromatic nitrogens is 2. The third-order valence-corrected chi connectivity index (χ3v) is 6.95. The number of benzene rings is 1. The van der Waals surface area contributed by atoms with Crippen LogP contribution in [0.15, 0.2) is 30.3 Å². The highest BCUT2D eigenvalue weighted by atomic mass is 16.2. The summed E-state index contributed by atoms with van der Waals surface area (Å²) in [7, 11) is 0. The van der Waals surface area contributed by atoms with Crippen LogP contribution in [0, 0.1) is 0 Å². The van der Waals surface area contributed by atoms with Crippen LogP contribution in [0.25, 0.3) is 0 Å². The molecule has 2 aliphatic rings. The molecule has 172 valence electrons. The van der Waals surface area contributed by atoms with E-state index in [-0.39, 0.29) is 23.3 Å². The summed E-state index contributed by atoms with van der Waals surface area (Å²) in [6.45, 7) is 10.6. The van der Waals surface area contributed by atoms with Gasteiger partial charge in [0.15, 0.2) is 0 Å². The summed E-state index contributed by atoms with van der Waals surface area (Å²) in [4.78, 5) is 29.2. The molecule has 0 unspecified atom stereocenters. The summed E-state index contributed by atoms with van der Waals surface area (Å²) in [5.74, 6) is -0.277. The summed E-state index contributed by atoms with van der Waals surface area (Å²) in [6, 6.07) is 10.0. The lowest BCUT2D eigenvalue weighted by Gasteiger charge is -2.44. The first kappa shape index (κ1) is 22.6. The highest BCUT2D eigenvalue weighted by molar-refractivity contribution is 6.11. The molecule has 2 aromatic rings. The Labute approximate surface area is 191 Å². The van der Waals surface area contributed by atoms with Crippen LogP contribution < -0.4 is 10.2 Å². The maximum Gasteiger partial charge on any atom is 0.277 e. The van der Waals surface area contributed by atoms with Gasteiger partial charge in [-0.05, 0) is 49.9 Å². The van der Waals surface area contributed by atoms with E-state index < -0.39 is 5.54 Å². The van der Waals surface area contributed by atoms with Crippen molar-refractivity contribution in [1.29, 1.82) is 0 Å². The van der Waals surface area contributed by atoms with E-state index in [0.29, 0.717) is 12.2 Å². The normalized spacial score (nSPS) is 22.0. The van der Waals surface area contributed by atoms with Crippen molar-refractivity contribution < 1.29 is 9.59 Å². The summed E-state index contributed by atoms with van der Waals surface area (Å²) in [5.41, 5.74) is 2.11. The van der Waals surface area contributed by atoms with Gasteiger partial charge in [0.2, 0.25) is 5.91 Å². The third-order valence-electron chi connectivity index (χ3n) is 6.95. The van der Waals surface area contributed by atoms with Crippen LogP contribution in [-0.2, 0) is 23.2 Å². The minimum absolute atomic E-state index is 0.101. The molecule has 1 aromatic heterocycles. The average Bonchev–Trinajstić information content (AvgIpc) is 3.19. The van der Waals surface area contributed by atoms with Gasteiger partial charge in [-0.25, -0.2) is 0 Å². The number of hydrogen-bond acceptors (Lipinski definition) is 3. The molecule has 1 atom stereocenters.